The zero-order chi connectivity index (χ0) is 19.3. The molecule has 1 aromatic carbocycles. The fraction of sp³-hybridized carbons (Fsp3) is 0.235. The number of hydrogen-bond acceptors (Lipinski definition) is 6. The summed E-state index contributed by atoms with van der Waals surface area (Å²) in [6.45, 7) is 4.50. The van der Waals surface area contributed by atoms with E-state index in [4.69, 9.17) is 4.74 Å². The van der Waals surface area contributed by atoms with Crippen molar-refractivity contribution in [2.45, 2.75) is 26.9 Å². The van der Waals surface area contributed by atoms with Gasteiger partial charge in [-0.05, 0) is 53.2 Å². The predicted molar refractivity (Wildman–Crippen MR) is 95.1 cm³/mol. The number of carbonyl (C=O) groups excluding carboxylic acids is 2. The third-order valence-electron chi connectivity index (χ3n) is 3.30. The van der Waals surface area contributed by atoms with Gasteiger partial charge in [0.2, 0.25) is 11.7 Å². The number of benzene rings is 1. The van der Waals surface area contributed by atoms with Crippen molar-refractivity contribution in [2.75, 3.05) is 10.6 Å². The van der Waals surface area contributed by atoms with Crippen LogP contribution in [0.25, 0.3) is 0 Å². The van der Waals surface area contributed by atoms with Crippen molar-refractivity contribution in [1.82, 2.24) is 4.98 Å². The largest absolute Gasteiger partial charge is 0.473 e. The zero-order valence-electron chi connectivity index (χ0n) is 14.5. The molecule has 0 fully saturated rings. The van der Waals surface area contributed by atoms with E-state index in [9.17, 15) is 19.7 Å². The summed E-state index contributed by atoms with van der Waals surface area (Å²) < 4.78 is 5.40. The molecule has 26 heavy (non-hydrogen) atoms. The van der Waals surface area contributed by atoms with Crippen molar-refractivity contribution in [2.24, 2.45) is 0 Å². The molecule has 1 aromatic heterocycles. The van der Waals surface area contributed by atoms with Crippen LogP contribution in [-0.4, -0.2) is 27.8 Å². The summed E-state index contributed by atoms with van der Waals surface area (Å²) in [7, 11) is 0. The molecule has 2 N–H and O–H groups in total. The molecular formula is C17H18N4O5. The molecule has 0 aliphatic heterocycles. The number of amides is 2. The number of aryl methyl sites for hydroxylation is 1. The Morgan fingerprint density at radius 1 is 1.12 bits per heavy atom. The third-order valence-corrected chi connectivity index (χ3v) is 3.30. The molecule has 1 atom stereocenters. The van der Waals surface area contributed by atoms with E-state index in [0.29, 0.717) is 17.1 Å². The minimum atomic E-state index is -0.978. The molecule has 0 saturated carbocycles. The first kappa shape index (κ1) is 18.8. The summed E-state index contributed by atoms with van der Waals surface area (Å²) in [5, 5.41) is 16.3. The lowest BCUT2D eigenvalue weighted by Crippen LogP contribution is -2.30. The third kappa shape index (κ3) is 5.00. The Hall–Kier alpha value is -3.49. The Bertz CT molecular complexity index is 836. The van der Waals surface area contributed by atoms with Crippen LogP contribution in [0.4, 0.5) is 17.2 Å². The van der Waals surface area contributed by atoms with Gasteiger partial charge in [-0.1, -0.05) is 0 Å². The minimum Gasteiger partial charge on any atom is -0.473 e. The first-order chi connectivity index (χ1) is 12.3. The monoisotopic (exact) mass is 358 g/mol. The fourth-order valence-corrected chi connectivity index (χ4v) is 2.08. The number of nitrogens with zero attached hydrogens (tertiary/aromatic N) is 2. The molecule has 0 bridgehead atoms. The molecule has 0 aliphatic rings. The van der Waals surface area contributed by atoms with E-state index in [0.717, 1.165) is 0 Å². The quantitative estimate of drug-likeness (QED) is 0.604. The normalized spacial score (nSPS) is 11.3. The van der Waals surface area contributed by atoms with Crippen LogP contribution in [0.3, 0.4) is 0 Å². The van der Waals surface area contributed by atoms with Crippen molar-refractivity contribution >= 4 is 29.0 Å². The minimum absolute atomic E-state index is 0.0794. The standard InChI is InChI=1S/C17H18N4O5/c1-10-4-9-15(16(18-10)21(24)25)26-11(2)17(23)20-14-7-5-13(6-8-14)19-12(3)22/h4-9,11H,1-3H3,(H,19,22)(H,20,23)/t11-/m0/s1. The summed E-state index contributed by atoms with van der Waals surface area (Å²) in [4.78, 5) is 37.4. The molecule has 0 spiro atoms. The summed E-state index contributed by atoms with van der Waals surface area (Å²) in [6.07, 6.45) is -0.978. The van der Waals surface area contributed by atoms with Crippen LogP contribution in [0.15, 0.2) is 36.4 Å². The highest BCUT2D eigenvalue weighted by Crippen LogP contribution is 2.25. The van der Waals surface area contributed by atoms with Crippen molar-refractivity contribution < 1.29 is 19.2 Å². The summed E-state index contributed by atoms with van der Waals surface area (Å²) in [5.74, 6) is -1.20. The van der Waals surface area contributed by atoms with Crippen molar-refractivity contribution in [3.63, 3.8) is 0 Å². The van der Waals surface area contributed by atoms with E-state index in [1.807, 2.05) is 0 Å². The van der Waals surface area contributed by atoms with Gasteiger partial charge in [-0.3, -0.25) is 9.59 Å². The lowest BCUT2D eigenvalue weighted by Gasteiger charge is -2.14. The van der Waals surface area contributed by atoms with Crippen LogP contribution in [0.2, 0.25) is 0 Å². The highest BCUT2D eigenvalue weighted by Gasteiger charge is 2.23. The van der Waals surface area contributed by atoms with Gasteiger partial charge in [0, 0.05) is 25.2 Å². The van der Waals surface area contributed by atoms with Crippen molar-refractivity contribution in [3.8, 4) is 5.75 Å². The average molecular weight is 358 g/mol. The zero-order valence-corrected chi connectivity index (χ0v) is 14.5. The topological polar surface area (TPSA) is 123 Å². The van der Waals surface area contributed by atoms with E-state index in [-0.39, 0.29) is 11.7 Å². The molecule has 9 heteroatoms. The number of hydrogen-bond donors (Lipinski definition) is 2. The number of pyridine rings is 1. The van der Waals surface area contributed by atoms with E-state index in [2.05, 4.69) is 15.6 Å². The second kappa shape index (κ2) is 8.06. The highest BCUT2D eigenvalue weighted by atomic mass is 16.6. The Labute approximate surface area is 149 Å². The summed E-state index contributed by atoms with van der Waals surface area (Å²) in [6, 6.07) is 9.48. The molecule has 2 amide bonds. The van der Waals surface area contributed by atoms with Crippen LogP contribution in [0, 0.1) is 17.0 Å². The SMILES string of the molecule is CC(=O)Nc1ccc(NC(=O)[C@H](C)Oc2ccc(C)nc2[N+](=O)[O-])cc1. The van der Waals surface area contributed by atoms with Gasteiger partial charge < -0.3 is 25.5 Å². The lowest BCUT2D eigenvalue weighted by atomic mass is 10.2. The maximum absolute atomic E-state index is 12.2. The number of ether oxygens (including phenoxy) is 1. The summed E-state index contributed by atoms with van der Waals surface area (Å²) >= 11 is 0. The first-order valence-electron chi connectivity index (χ1n) is 7.73. The van der Waals surface area contributed by atoms with Gasteiger partial charge in [-0.25, -0.2) is 0 Å². The molecule has 9 nitrogen and oxygen atoms in total. The maximum Gasteiger partial charge on any atom is 0.406 e. The highest BCUT2D eigenvalue weighted by molar-refractivity contribution is 5.94. The van der Waals surface area contributed by atoms with E-state index in [1.54, 1.807) is 37.3 Å². The first-order valence-corrected chi connectivity index (χ1v) is 7.73. The Morgan fingerprint density at radius 3 is 2.23 bits per heavy atom. The number of nitrogens with one attached hydrogen (secondary N) is 2. The van der Waals surface area contributed by atoms with Gasteiger partial charge in [0.25, 0.3) is 5.91 Å². The van der Waals surface area contributed by atoms with Crippen molar-refractivity contribution in [3.05, 3.63) is 52.2 Å². The predicted octanol–water partition coefficient (Wildman–Crippen LogP) is 2.66. The van der Waals surface area contributed by atoms with Crippen LogP contribution in [-0.2, 0) is 9.59 Å². The van der Waals surface area contributed by atoms with Crippen LogP contribution < -0.4 is 15.4 Å². The number of anilines is 2. The number of carbonyl (C=O) groups is 2. The average Bonchev–Trinajstić information content (AvgIpc) is 2.57. The van der Waals surface area contributed by atoms with Gasteiger partial charge in [0.1, 0.15) is 5.69 Å². The molecule has 0 saturated heterocycles. The molecule has 2 rings (SSSR count). The maximum atomic E-state index is 12.2. The molecule has 0 aliphatic carbocycles. The molecule has 136 valence electrons. The number of rotatable bonds is 6. The molecule has 0 radical (unpaired) electrons. The van der Waals surface area contributed by atoms with Gasteiger partial charge in [-0.2, -0.15) is 0 Å². The van der Waals surface area contributed by atoms with Crippen molar-refractivity contribution in [1.29, 1.82) is 0 Å². The van der Waals surface area contributed by atoms with E-state index < -0.39 is 22.8 Å². The van der Waals surface area contributed by atoms with Gasteiger partial charge in [0.15, 0.2) is 6.10 Å². The van der Waals surface area contributed by atoms with E-state index >= 15 is 0 Å². The molecule has 2 aromatic rings. The molecular weight excluding hydrogens is 340 g/mol. The van der Waals surface area contributed by atoms with Crippen LogP contribution >= 0.6 is 0 Å². The fourth-order valence-electron chi connectivity index (χ4n) is 2.08. The second-order valence-electron chi connectivity index (χ2n) is 5.54. The smallest absolute Gasteiger partial charge is 0.406 e. The van der Waals surface area contributed by atoms with Gasteiger partial charge >= 0.3 is 5.82 Å². The summed E-state index contributed by atoms with van der Waals surface area (Å²) in [5.41, 5.74) is 1.57. The van der Waals surface area contributed by atoms with Gasteiger partial charge in [-0.15, -0.1) is 0 Å². The second-order valence-corrected chi connectivity index (χ2v) is 5.54. The van der Waals surface area contributed by atoms with Gasteiger partial charge in [0.05, 0.1) is 0 Å². The Balaban J connectivity index is 2.04. The number of nitro groups is 1. The van der Waals surface area contributed by atoms with Crippen LogP contribution in [0.5, 0.6) is 5.75 Å². The Kier molecular flexibility index (Phi) is 5.84. The Morgan fingerprint density at radius 2 is 1.69 bits per heavy atom. The molecule has 0 unspecified atom stereocenters. The lowest BCUT2D eigenvalue weighted by molar-refractivity contribution is -0.390. The number of aromatic nitrogens is 1. The molecule has 1 heterocycles. The van der Waals surface area contributed by atoms with E-state index in [1.165, 1.54) is 19.9 Å². The van der Waals surface area contributed by atoms with Crippen LogP contribution in [0.1, 0.15) is 19.5 Å².